The Morgan fingerprint density at radius 1 is 0.848 bits per heavy atom. The molecule has 5 rings (SSSR count). The van der Waals surface area contributed by atoms with Gasteiger partial charge < -0.3 is 9.52 Å². The molecule has 3 aromatic carbocycles. The Kier molecular flexibility index (Phi) is 4.98. The number of fused-ring (bicyclic) bond motifs is 1. The van der Waals surface area contributed by atoms with E-state index in [0.29, 0.717) is 33.5 Å². The van der Waals surface area contributed by atoms with Crippen molar-refractivity contribution in [3.8, 4) is 11.4 Å². The molecule has 5 aromatic rings. The Morgan fingerprint density at radius 2 is 1.52 bits per heavy atom. The summed E-state index contributed by atoms with van der Waals surface area (Å²) in [4.78, 5) is 26.8. The fourth-order valence-electron chi connectivity index (χ4n) is 4.30. The van der Waals surface area contributed by atoms with E-state index in [1.807, 2.05) is 61.5 Å². The highest BCUT2D eigenvalue weighted by atomic mass is 16.4. The third kappa shape index (κ3) is 3.46. The summed E-state index contributed by atoms with van der Waals surface area (Å²) in [5, 5.41) is 14.7. The molecule has 164 valence electrons. The van der Waals surface area contributed by atoms with E-state index in [0.717, 1.165) is 5.56 Å². The zero-order valence-corrected chi connectivity index (χ0v) is 18.2. The molecule has 1 atom stereocenters. The molecule has 0 radical (unpaired) electrons. The summed E-state index contributed by atoms with van der Waals surface area (Å²) in [6.07, 6.45) is 0. The molecule has 0 aliphatic heterocycles. The molecule has 33 heavy (non-hydrogen) atoms. The van der Waals surface area contributed by atoms with Gasteiger partial charge in [-0.2, -0.15) is 0 Å². The first kappa shape index (κ1) is 20.6. The molecule has 0 saturated heterocycles. The minimum absolute atomic E-state index is 0.0389. The summed E-state index contributed by atoms with van der Waals surface area (Å²) < 4.78 is 7.01. The summed E-state index contributed by atoms with van der Waals surface area (Å²) in [5.74, 6) is -1.00. The van der Waals surface area contributed by atoms with Gasteiger partial charge in [-0.05, 0) is 43.7 Å². The normalized spacial score (nSPS) is 12.2. The Hall–Kier alpha value is -4.32. The molecule has 0 amide bonds. The van der Waals surface area contributed by atoms with Crippen LogP contribution in [0.25, 0.3) is 16.7 Å². The van der Waals surface area contributed by atoms with Gasteiger partial charge >= 0.3 is 5.63 Å². The smallest absolute Gasteiger partial charge is 0.344 e. The molecule has 0 spiro atoms. The highest BCUT2D eigenvalue weighted by Crippen LogP contribution is 2.38. The molecule has 0 aliphatic rings. The van der Waals surface area contributed by atoms with Crippen LogP contribution in [-0.4, -0.2) is 14.9 Å². The van der Waals surface area contributed by atoms with Gasteiger partial charge in [0.05, 0.1) is 28.1 Å². The number of benzene rings is 3. The fourth-order valence-corrected chi connectivity index (χ4v) is 4.30. The lowest BCUT2D eigenvalue weighted by Crippen LogP contribution is -2.23. The molecule has 2 heterocycles. The van der Waals surface area contributed by atoms with E-state index in [1.54, 1.807) is 31.2 Å². The number of rotatable bonds is 4. The van der Waals surface area contributed by atoms with E-state index in [2.05, 4.69) is 5.10 Å². The van der Waals surface area contributed by atoms with Crippen LogP contribution in [0.2, 0.25) is 0 Å². The van der Waals surface area contributed by atoms with Crippen LogP contribution in [0.15, 0.2) is 92.9 Å². The number of nitrogens with one attached hydrogen (secondary N) is 1. The summed E-state index contributed by atoms with van der Waals surface area (Å²) >= 11 is 0. The van der Waals surface area contributed by atoms with Gasteiger partial charge in [0, 0.05) is 5.69 Å². The third-order valence-corrected chi connectivity index (χ3v) is 5.94. The minimum Gasteiger partial charge on any atom is -0.507 e. The molecular weight excluding hydrogens is 416 g/mol. The van der Waals surface area contributed by atoms with Gasteiger partial charge in [-0.3, -0.25) is 9.89 Å². The Balaban J connectivity index is 1.83. The maximum absolute atomic E-state index is 13.6. The molecule has 6 nitrogen and oxygen atoms in total. The maximum Gasteiger partial charge on any atom is 0.344 e. The van der Waals surface area contributed by atoms with Crippen LogP contribution in [0, 0.1) is 13.8 Å². The molecule has 1 unspecified atom stereocenters. The van der Waals surface area contributed by atoms with Crippen molar-refractivity contribution in [1.82, 2.24) is 9.78 Å². The second-order valence-electron chi connectivity index (χ2n) is 8.12. The number of aromatic amines is 1. The van der Waals surface area contributed by atoms with Crippen molar-refractivity contribution in [3.05, 3.63) is 128 Å². The first-order chi connectivity index (χ1) is 16.0. The Morgan fingerprint density at radius 3 is 2.24 bits per heavy atom. The number of aromatic hydroxyl groups is 1. The average Bonchev–Trinajstić information content (AvgIpc) is 3.11. The SMILES string of the molecule is Cc1ccc(C(c2c(O)c3ccccc3oc2=O)c2c(C)[nH]n(-c3ccccc3)c2=O)cc1. The average molecular weight is 438 g/mol. The van der Waals surface area contributed by atoms with Crippen LogP contribution in [0.4, 0.5) is 0 Å². The van der Waals surface area contributed by atoms with Crippen LogP contribution >= 0.6 is 0 Å². The van der Waals surface area contributed by atoms with Gasteiger partial charge in [-0.1, -0.05) is 60.2 Å². The van der Waals surface area contributed by atoms with Crippen LogP contribution in [0.3, 0.4) is 0 Å². The summed E-state index contributed by atoms with van der Waals surface area (Å²) in [5.41, 5.74) is 2.75. The quantitative estimate of drug-likeness (QED) is 0.396. The largest absolute Gasteiger partial charge is 0.507 e. The number of hydrogen-bond donors (Lipinski definition) is 2. The summed E-state index contributed by atoms with van der Waals surface area (Å²) in [6.45, 7) is 3.75. The lowest BCUT2D eigenvalue weighted by Gasteiger charge is -2.18. The highest BCUT2D eigenvalue weighted by Gasteiger charge is 2.31. The zero-order valence-electron chi connectivity index (χ0n) is 18.2. The van der Waals surface area contributed by atoms with Crippen LogP contribution < -0.4 is 11.2 Å². The zero-order chi connectivity index (χ0) is 23.1. The molecule has 0 aliphatic carbocycles. The molecule has 6 heteroatoms. The van der Waals surface area contributed by atoms with E-state index >= 15 is 0 Å². The predicted octanol–water partition coefficient (Wildman–Crippen LogP) is 4.77. The van der Waals surface area contributed by atoms with Crippen LogP contribution in [0.1, 0.15) is 33.9 Å². The second-order valence-corrected chi connectivity index (χ2v) is 8.12. The van der Waals surface area contributed by atoms with Crippen LogP contribution in [-0.2, 0) is 0 Å². The number of para-hydroxylation sites is 2. The van der Waals surface area contributed by atoms with E-state index in [9.17, 15) is 14.7 Å². The molecule has 0 fully saturated rings. The van der Waals surface area contributed by atoms with Gasteiger partial charge in [0.1, 0.15) is 11.3 Å². The number of nitrogens with zero attached hydrogens (tertiary/aromatic N) is 1. The van der Waals surface area contributed by atoms with Crippen LogP contribution in [0.5, 0.6) is 5.75 Å². The topological polar surface area (TPSA) is 88.2 Å². The molecule has 0 saturated carbocycles. The van der Waals surface area contributed by atoms with Gasteiger partial charge in [0.25, 0.3) is 5.56 Å². The summed E-state index contributed by atoms with van der Waals surface area (Å²) in [6, 6.07) is 23.6. The van der Waals surface area contributed by atoms with Gasteiger partial charge in [-0.25, -0.2) is 9.48 Å². The van der Waals surface area contributed by atoms with E-state index < -0.39 is 11.5 Å². The standard InChI is InChI=1S/C27H22N2O4/c1-16-12-14-18(15-13-16)23(24-25(30)20-10-6-7-11-21(20)33-27(24)32)22-17(2)28-29(26(22)31)19-8-4-3-5-9-19/h3-15,23,28,30H,1-2H3. The van der Waals surface area contributed by atoms with Crippen molar-refractivity contribution in [2.45, 2.75) is 19.8 Å². The first-order valence-electron chi connectivity index (χ1n) is 10.6. The van der Waals surface area contributed by atoms with Gasteiger partial charge in [0.2, 0.25) is 0 Å². The first-order valence-corrected chi connectivity index (χ1v) is 10.6. The number of aryl methyl sites for hydroxylation is 2. The van der Waals surface area contributed by atoms with Crippen molar-refractivity contribution in [2.75, 3.05) is 0 Å². The van der Waals surface area contributed by atoms with Crippen molar-refractivity contribution in [3.63, 3.8) is 0 Å². The Labute approximate surface area is 189 Å². The number of aromatic nitrogens is 2. The van der Waals surface area contributed by atoms with E-state index in [1.165, 1.54) is 4.68 Å². The lowest BCUT2D eigenvalue weighted by molar-refractivity contribution is 0.455. The lowest BCUT2D eigenvalue weighted by atomic mass is 9.84. The second kappa shape index (κ2) is 7.98. The minimum atomic E-state index is -0.819. The molecule has 0 bridgehead atoms. The van der Waals surface area contributed by atoms with E-state index in [4.69, 9.17) is 4.42 Å². The molecule has 2 N–H and O–H groups in total. The maximum atomic E-state index is 13.6. The molecule has 2 aromatic heterocycles. The fraction of sp³-hybridized carbons (Fsp3) is 0.111. The summed E-state index contributed by atoms with van der Waals surface area (Å²) in [7, 11) is 0. The van der Waals surface area contributed by atoms with Crippen molar-refractivity contribution in [2.24, 2.45) is 0 Å². The highest BCUT2D eigenvalue weighted by molar-refractivity contribution is 5.84. The Bertz CT molecular complexity index is 1580. The van der Waals surface area contributed by atoms with Crippen molar-refractivity contribution >= 4 is 11.0 Å². The van der Waals surface area contributed by atoms with Gasteiger partial charge in [0.15, 0.2) is 0 Å². The van der Waals surface area contributed by atoms with Crippen molar-refractivity contribution < 1.29 is 9.52 Å². The number of H-pyrrole nitrogens is 1. The number of hydrogen-bond acceptors (Lipinski definition) is 4. The van der Waals surface area contributed by atoms with Crippen molar-refractivity contribution in [1.29, 1.82) is 0 Å². The van der Waals surface area contributed by atoms with Gasteiger partial charge in [-0.15, -0.1) is 0 Å². The third-order valence-electron chi connectivity index (χ3n) is 5.94. The van der Waals surface area contributed by atoms with E-state index in [-0.39, 0.29) is 16.9 Å². The monoisotopic (exact) mass is 438 g/mol. The molecular formula is C27H22N2O4. The predicted molar refractivity (Wildman–Crippen MR) is 127 cm³/mol.